The highest BCUT2D eigenvalue weighted by Crippen LogP contribution is 2.27. The molecule has 0 spiro atoms. The van der Waals surface area contributed by atoms with E-state index in [-0.39, 0.29) is 5.91 Å². The summed E-state index contributed by atoms with van der Waals surface area (Å²) in [6, 6.07) is 13.9. The topological polar surface area (TPSA) is 47.6 Å². The number of methoxy groups -OCH3 is 2. The van der Waals surface area contributed by atoms with Gasteiger partial charge in [0.05, 0.1) is 14.2 Å². The van der Waals surface area contributed by atoms with Crippen LogP contribution in [0, 0.1) is 6.92 Å². The van der Waals surface area contributed by atoms with Gasteiger partial charge in [0.15, 0.2) is 11.5 Å². The molecule has 0 bridgehead atoms. The fraction of sp³-hybridized carbons (Fsp3) is 0.316. The van der Waals surface area contributed by atoms with Gasteiger partial charge in [0.1, 0.15) is 0 Å². The normalized spacial score (nSPS) is 10.2. The molecule has 2 rings (SSSR count). The quantitative estimate of drug-likeness (QED) is 0.853. The largest absolute Gasteiger partial charge is 0.493 e. The van der Waals surface area contributed by atoms with Gasteiger partial charge >= 0.3 is 0 Å². The van der Waals surface area contributed by atoms with Gasteiger partial charge in [-0.3, -0.25) is 4.79 Å². The van der Waals surface area contributed by atoms with E-state index in [9.17, 15) is 4.79 Å². The van der Waals surface area contributed by atoms with Gasteiger partial charge in [-0.15, -0.1) is 0 Å². The molecule has 0 aliphatic heterocycles. The van der Waals surface area contributed by atoms with E-state index in [4.69, 9.17) is 9.47 Å². The van der Waals surface area contributed by atoms with Crippen molar-refractivity contribution in [2.75, 3.05) is 14.2 Å². The van der Waals surface area contributed by atoms with E-state index < -0.39 is 0 Å². The van der Waals surface area contributed by atoms with E-state index in [2.05, 4.69) is 36.5 Å². The molecular weight excluding hydrogens is 290 g/mol. The number of amides is 1. The second-order valence-electron chi connectivity index (χ2n) is 5.45. The monoisotopic (exact) mass is 313 g/mol. The molecule has 0 aliphatic rings. The van der Waals surface area contributed by atoms with Crippen LogP contribution in [0.3, 0.4) is 0 Å². The molecule has 1 amide bonds. The first-order valence-corrected chi connectivity index (χ1v) is 7.65. The lowest BCUT2D eigenvalue weighted by Gasteiger charge is -2.10. The van der Waals surface area contributed by atoms with Crippen molar-refractivity contribution in [2.24, 2.45) is 0 Å². The first-order valence-electron chi connectivity index (χ1n) is 7.65. The van der Waals surface area contributed by atoms with Crippen LogP contribution in [0.25, 0.3) is 0 Å². The standard InChI is InChI=1S/C19H23NO3/c1-14-4-6-15(7-5-14)9-11-19(21)20-13-16-8-10-17(22-2)18(12-16)23-3/h4-8,10,12H,9,11,13H2,1-3H3,(H,20,21). The molecule has 1 N–H and O–H groups in total. The third kappa shape index (κ3) is 5.02. The van der Waals surface area contributed by atoms with Crippen LogP contribution in [0.4, 0.5) is 0 Å². The van der Waals surface area contributed by atoms with Crippen molar-refractivity contribution in [1.82, 2.24) is 5.32 Å². The molecule has 4 heteroatoms. The number of ether oxygens (including phenoxy) is 2. The molecule has 0 aromatic heterocycles. The zero-order valence-electron chi connectivity index (χ0n) is 13.9. The highest BCUT2D eigenvalue weighted by molar-refractivity contribution is 5.76. The van der Waals surface area contributed by atoms with Gasteiger partial charge in [-0.25, -0.2) is 0 Å². The van der Waals surface area contributed by atoms with Crippen molar-refractivity contribution in [3.05, 3.63) is 59.2 Å². The number of nitrogens with one attached hydrogen (secondary N) is 1. The lowest BCUT2D eigenvalue weighted by molar-refractivity contribution is -0.121. The van der Waals surface area contributed by atoms with E-state index in [1.54, 1.807) is 14.2 Å². The van der Waals surface area contributed by atoms with Gasteiger partial charge in [-0.1, -0.05) is 35.9 Å². The van der Waals surface area contributed by atoms with Crippen molar-refractivity contribution in [1.29, 1.82) is 0 Å². The summed E-state index contributed by atoms with van der Waals surface area (Å²) in [4.78, 5) is 12.0. The van der Waals surface area contributed by atoms with Crippen LogP contribution in [-0.4, -0.2) is 20.1 Å². The average Bonchev–Trinajstić information content (AvgIpc) is 2.59. The Kier molecular flexibility index (Phi) is 6.03. The van der Waals surface area contributed by atoms with E-state index in [0.717, 1.165) is 12.0 Å². The van der Waals surface area contributed by atoms with Crippen molar-refractivity contribution in [3.8, 4) is 11.5 Å². The molecular formula is C19H23NO3. The molecule has 23 heavy (non-hydrogen) atoms. The molecule has 4 nitrogen and oxygen atoms in total. The first-order chi connectivity index (χ1) is 11.1. The second-order valence-corrected chi connectivity index (χ2v) is 5.45. The Morgan fingerprint density at radius 3 is 2.26 bits per heavy atom. The predicted octanol–water partition coefficient (Wildman–Crippen LogP) is 3.26. The Morgan fingerprint density at radius 1 is 0.957 bits per heavy atom. The number of benzene rings is 2. The summed E-state index contributed by atoms with van der Waals surface area (Å²) >= 11 is 0. The molecule has 2 aromatic carbocycles. The molecule has 0 fully saturated rings. The molecule has 122 valence electrons. The van der Waals surface area contributed by atoms with Crippen molar-refractivity contribution < 1.29 is 14.3 Å². The maximum atomic E-state index is 12.0. The van der Waals surface area contributed by atoms with Gasteiger partial charge in [-0.2, -0.15) is 0 Å². The highest BCUT2D eigenvalue weighted by atomic mass is 16.5. The molecule has 2 aromatic rings. The summed E-state index contributed by atoms with van der Waals surface area (Å²) < 4.78 is 10.5. The molecule has 0 radical (unpaired) electrons. The minimum atomic E-state index is 0.0420. The van der Waals surface area contributed by atoms with Crippen molar-refractivity contribution in [3.63, 3.8) is 0 Å². The van der Waals surface area contributed by atoms with Gasteiger partial charge in [0.2, 0.25) is 5.91 Å². The maximum absolute atomic E-state index is 12.0. The van der Waals surface area contributed by atoms with Crippen LogP contribution in [-0.2, 0) is 17.8 Å². The number of rotatable bonds is 7. The van der Waals surface area contributed by atoms with Crippen LogP contribution >= 0.6 is 0 Å². The van der Waals surface area contributed by atoms with Gasteiger partial charge in [-0.05, 0) is 36.6 Å². The van der Waals surface area contributed by atoms with Crippen LogP contribution in [0.5, 0.6) is 11.5 Å². The second kappa shape index (κ2) is 8.22. The summed E-state index contributed by atoms with van der Waals surface area (Å²) in [5, 5.41) is 2.93. The van der Waals surface area contributed by atoms with E-state index in [0.29, 0.717) is 24.5 Å². The summed E-state index contributed by atoms with van der Waals surface area (Å²) in [5.41, 5.74) is 3.38. The SMILES string of the molecule is COc1ccc(CNC(=O)CCc2ccc(C)cc2)cc1OC. The molecule has 0 saturated carbocycles. The predicted molar refractivity (Wildman–Crippen MR) is 90.9 cm³/mol. The minimum Gasteiger partial charge on any atom is -0.493 e. The van der Waals surface area contributed by atoms with Crippen molar-refractivity contribution in [2.45, 2.75) is 26.3 Å². The Labute approximate surface area is 137 Å². The summed E-state index contributed by atoms with van der Waals surface area (Å²) in [6.45, 7) is 2.53. The number of aryl methyl sites for hydroxylation is 2. The van der Waals surface area contributed by atoms with Crippen LogP contribution < -0.4 is 14.8 Å². The molecule has 0 aliphatic carbocycles. The van der Waals surface area contributed by atoms with Crippen LogP contribution in [0.1, 0.15) is 23.1 Å². The smallest absolute Gasteiger partial charge is 0.220 e. The fourth-order valence-corrected chi connectivity index (χ4v) is 2.29. The number of carbonyl (C=O) groups excluding carboxylic acids is 1. The zero-order chi connectivity index (χ0) is 16.7. The summed E-state index contributed by atoms with van der Waals surface area (Å²) in [6.07, 6.45) is 1.23. The third-order valence-corrected chi connectivity index (χ3v) is 3.70. The van der Waals surface area contributed by atoms with Crippen LogP contribution in [0.2, 0.25) is 0 Å². The van der Waals surface area contributed by atoms with Gasteiger partial charge < -0.3 is 14.8 Å². The number of carbonyl (C=O) groups is 1. The lowest BCUT2D eigenvalue weighted by atomic mass is 10.1. The zero-order valence-corrected chi connectivity index (χ0v) is 13.9. The molecule has 0 saturated heterocycles. The fourth-order valence-electron chi connectivity index (χ4n) is 2.29. The lowest BCUT2D eigenvalue weighted by Crippen LogP contribution is -2.23. The number of hydrogen-bond donors (Lipinski definition) is 1. The summed E-state index contributed by atoms with van der Waals surface area (Å²) in [7, 11) is 3.20. The van der Waals surface area contributed by atoms with E-state index in [1.165, 1.54) is 11.1 Å². The Hall–Kier alpha value is -2.49. The number of hydrogen-bond acceptors (Lipinski definition) is 3. The van der Waals surface area contributed by atoms with Crippen LogP contribution in [0.15, 0.2) is 42.5 Å². The highest BCUT2D eigenvalue weighted by Gasteiger charge is 2.06. The molecule has 0 atom stereocenters. The summed E-state index contributed by atoms with van der Waals surface area (Å²) in [5.74, 6) is 1.39. The Bertz CT molecular complexity index is 650. The van der Waals surface area contributed by atoms with Gasteiger partial charge in [0.25, 0.3) is 0 Å². The van der Waals surface area contributed by atoms with Gasteiger partial charge in [0, 0.05) is 13.0 Å². The Balaban J connectivity index is 1.83. The van der Waals surface area contributed by atoms with E-state index in [1.807, 2.05) is 18.2 Å². The van der Waals surface area contributed by atoms with E-state index >= 15 is 0 Å². The maximum Gasteiger partial charge on any atom is 0.220 e. The molecule has 0 heterocycles. The molecule has 0 unspecified atom stereocenters. The first kappa shape index (κ1) is 16.9. The van der Waals surface area contributed by atoms with Crippen molar-refractivity contribution >= 4 is 5.91 Å². The average molecular weight is 313 g/mol. The minimum absolute atomic E-state index is 0.0420. The third-order valence-electron chi connectivity index (χ3n) is 3.70. The Morgan fingerprint density at radius 2 is 1.61 bits per heavy atom.